The van der Waals surface area contributed by atoms with Gasteiger partial charge in [0.2, 0.25) is 0 Å². The van der Waals surface area contributed by atoms with Crippen LogP contribution in [0.2, 0.25) is 0 Å². The zero-order valence-corrected chi connectivity index (χ0v) is 15.5. The Labute approximate surface area is 145 Å². The Bertz CT molecular complexity index is 716. The Morgan fingerprint density at radius 2 is 1.62 bits per heavy atom. The highest BCUT2D eigenvalue weighted by Crippen LogP contribution is 2.36. The molecule has 0 spiro atoms. The van der Waals surface area contributed by atoms with Crippen molar-refractivity contribution in [3.63, 3.8) is 0 Å². The lowest BCUT2D eigenvalue weighted by molar-refractivity contribution is 0.112. The van der Waals surface area contributed by atoms with Crippen LogP contribution in [0.25, 0.3) is 11.1 Å². The summed E-state index contributed by atoms with van der Waals surface area (Å²) in [6.07, 6.45) is 0.945. The fourth-order valence-corrected chi connectivity index (χ4v) is 3.05. The molecule has 0 fully saturated rings. The highest BCUT2D eigenvalue weighted by molar-refractivity contribution is 5.91. The molecule has 2 aromatic rings. The third-order valence-corrected chi connectivity index (χ3v) is 4.24. The third kappa shape index (κ3) is 3.57. The molecule has 0 radical (unpaired) electrons. The van der Waals surface area contributed by atoms with Crippen molar-refractivity contribution in [1.29, 1.82) is 0 Å². The van der Waals surface area contributed by atoms with Gasteiger partial charge in [-0.3, -0.25) is 9.78 Å². The maximum atomic E-state index is 11.9. The number of carbonyl (C=O) groups excluding carboxylic acids is 1. The molecule has 0 bridgehead atoms. The first kappa shape index (κ1) is 18.3. The van der Waals surface area contributed by atoms with Gasteiger partial charge in [-0.25, -0.2) is 0 Å². The molecule has 3 nitrogen and oxygen atoms in total. The van der Waals surface area contributed by atoms with E-state index in [0.717, 1.165) is 34.4 Å². The predicted octanol–water partition coefficient (Wildman–Crippen LogP) is 5.26. The number of aldehydes is 1. The summed E-state index contributed by atoms with van der Waals surface area (Å²) in [4.78, 5) is 16.8. The number of aryl methyl sites for hydroxylation is 1. The summed E-state index contributed by atoms with van der Waals surface area (Å²) in [7, 11) is 1.68. The third-order valence-electron chi connectivity index (χ3n) is 4.24. The monoisotopic (exact) mass is 325 g/mol. The summed E-state index contributed by atoms with van der Waals surface area (Å²) in [5, 5.41) is 0. The van der Waals surface area contributed by atoms with Gasteiger partial charge < -0.3 is 4.74 Å². The molecular formula is C21H27NO2. The molecule has 0 saturated heterocycles. The van der Waals surface area contributed by atoms with Gasteiger partial charge in [0.25, 0.3) is 0 Å². The molecule has 0 unspecified atom stereocenters. The second-order valence-electron chi connectivity index (χ2n) is 6.88. The standard InChI is InChI=1S/C21H27NO2/c1-13(2)20-17(11-23)19(16-9-7-15(5)8-10-16)18(12-24-6)21(22-20)14(3)4/h7-11,13-14H,12H2,1-6H3. The largest absolute Gasteiger partial charge is 0.380 e. The molecule has 3 heteroatoms. The summed E-state index contributed by atoms with van der Waals surface area (Å²) in [6, 6.07) is 8.30. The second-order valence-corrected chi connectivity index (χ2v) is 6.88. The maximum Gasteiger partial charge on any atom is 0.152 e. The molecule has 128 valence electrons. The van der Waals surface area contributed by atoms with E-state index in [2.05, 4.69) is 58.9 Å². The fraction of sp³-hybridized carbons (Fsp3) is 0.429. The van der Waals surface area contributed by atoms with Gasteiger partial charge in [-0.2, -0.15) is 0 Å². The number of ether oxygens (including phenoxy) is 1. The van der Waals surface area contributed by atoms with Crippen molar-refractivity contribution in [1.82, 2.24) is 4.98 Å². The summed E-state index contributed by atoms with van der Waals surface area (Å²) in [6.45, 7) is 10.9. The molecule has 1 aromatic heterocycles. The molecular weight excluding hydrogens is 298 g/mol. The van der Waals surface area contributed by atoms with Gasteiger partial charge in [0.1, 0.15) is 0 Å². The van der Waals surface area contributed by atoms with E-state index in [9.17, 15) is 4.79 Å². The Kier molecular flexibility index (Phi) is 5.89. The lowest BCUT2D eigenvalue weighted by Crippen LogP contribution is -2.12. The van der Waals surface area contributed by atoms with E-state index in [1.54, 1.807) is 7.11 Å². The van der Waals surface area contributed by atoms with E-state index in [1.165, 1.54) is 5.56 Å². The van der Waals surface area contributed by atoms with Gasteiger partial charge in [-0.05, 0) is 24.3 Å². The van der Waals surface area contributed by atoms with Crippen LogP contribution in [-0.2, 0) is 11.3 Å². The topological polar surface area (TPSA) is 39.2 Å². The average Bonchev–Trinajstić information content (AvgIpc) is 2.54. The Morgan fingerprint density at radius 3 is 2.08 bits per heavy atom. The number of benzene rings is 1. The number of aromatic nitrogens is 1. The number of carbonyl (C=O) groups is 1. The van der Waals surface area contributed by atoms with E-state index in [0.29, 0.717) is 12.2 Å². The molecule has 0 N–H and O–H groups in total. The van der Waals surface area contributed by atoms with Crippen molar-refractivity contribution in [2.45, 2.75) is 53.1 Å². The molecule has 0 atom stereocenters. The summed E-state index contributed by atoms with van der Waals surface area (Å²) in [5.74, 6) is 0.445. The summed E-state index contributed by atoms with van der Waals surface area (Å²) in [5.41, 5.74) is 6.79. The molecule has 1 aromatic carbocycles. The van der Waals surface area contributed by atoms with Crippen LogP contribution in [0, 0.1) is 6.92 Å². The smallest absolute Gasteiger partial charge is 0.152 e. The van der Waals surface area contributed by atoms with Gasteiger partial charge in [0.05, 0.1) is 12.3 Å². The van der Waals surface area contributed by atoms with Crippen LogP contribution in [-0.4, -0.2) is 18.4 Å². The maximum absolute atomic E-state index is 11.9. The number of nitrogens with zero attached hydrogens (tertiary/aromatic N) is 1. The quantitative estimate of drug-likeness (QED) is 0.680. The lowest BCUT2D eigenvalue weighted by Gasteiger charge is -2.22. The van der Waals surface area contributed by atoms with Crippen LogP contribution in [0.4, 0.5) is 0 Å². The zero-order valence-electron chi connectivity index (χ0n) is 15.5. The number of rotatable bonds is 6. The van der Waals surface area contributed by atoms with Crippen LogP contribution in [0.5, 0.6) is 0 Å². The van der Waals surface area contributed by atoms with E-state index in [1.807, 2.05) is 0 Å². The highest BCUT2D eigenvalue weighted by atomic mass is 16.5. The van der Waals surface area contributed by atoms with Gasteiger partial charge in [-0.1, -0.05) is 57.5 Å². The predicted molar refractivity (Wildman–Crippen MR) is 98.7 cm³/mol. The van der Waals surface area contributed by atoms with Crippen molar-refractivity contribution in [3.8, 4) is 11.1 Å². The van der Waals surface area contributed by atoms with Crippen LogP contribution >= 0.6 is 0 Å². The molecule has 0 aliphatic rings. The first-order valence-corrected chi connectivity index (χ1v) is 8.48. The number of hydrogen-bond donors (Lipinski definition) is 0. The first-order chi connectivity index (χ1) is 11.4. The minimum Gasteiger partial charge on any atom is -0.380 e. The van der Waals surface area contributed by atoms with Crippen molar-refractivity contribution in [3.05, 3.63) is 52.3 Å². The number of methoxy groups -OCH3 is 1. The first-order valence-electron chi connectivity index (χ1n) is 8.48. The minimum atomic E-state index is 0.184. The van der Waals surface area contributed by atoms with Gasteiger partial charge in [0, 0.05) is 29.5 Å². The second kappa shape index (κ2) is 7.71. The molecule has 2 rings (SSSR count). The van der Waals surface area contributed by atoms with Crippen LogP contribution < -0.4 is 0 Å². The van der Waals surface area contributed by atoms with Crippen molar-refractivity contribution >= 4 is 6.29 Å². The van der Waals surface area contributed by atoms with Crippen LogP contribution in [0.1, 0.15) is 72.4 Å². The fourth-order valence-electron chi connectivity index (χ4n) is 3.05. The lowest BCUT2D eigenvalue weighted by atomic mass is 9.87. The Hall–Kier alpha value is -2.00. The molecule has 1 heterocycles. The summed E-state index contributed by atoms with van der Waals surface area (Å²) >= 11 is 0. The number of pyridine rings is 1. The van der Waals surface area contributed by atoms with E-state index >= 15 is 0 Å². The molecule has 0 aliphatic heterocycles. The molecule has 24 heavy (non-hydrogen) atoms. The SMILES string of the molecule is COCc1c(C(C)C)nc(C(C)C)c(C=O)c1-c1ccc(C)cc1. The highest BCUT2D eigenvalue weighted by Gasteiger charge is 2.23. The molecule has 0 amide bonds. The molecule has 0 saturated carbocycles. The minimum absolute atomic E-state index is 0.184. The molecule has 0 aliphatic carbocycles. The average molecular weight is 325 g/mol. The number of hydrogen-bond acceptors (Lipinski definition) is 3. The van der Waals surface area contributed by atoms with Crippen molar-refractivity contribution in [2.75, 3.05) is 7.11 Å². The van der Waals surface area contributed by atoms with E-state index in [4.69, 9.17) is 9.72 Å². The van der Waals surface area contributed by atoms with Gasteiger partial charge >= 0.3 is 0 Å². The normalized spacial score (nSPS) is 11.3. The van der Waals surface area contributed by atoms with Gasteiger partial charge in [0.15, 0.2) is 6.29 Å². The van der Waals surface area contributed by atoms with E-state index in [-0.39, 0.29) is 11.8 Å². The Balaban J connectivity index is 2.89. The van der Waals surface area contributed by atoms with Crippen molar-refractivity contribution in [2.24, 2.45) is 0 Å². The van der Waals surface area contributed by atoms with E-state index < -0.39 is 0 Å². The summed E-state index contributed by atoms with van der Waals surface area (Å²) < 4.78 is 5.45. The Morgan fingerprint density at radius 1 is 1.04 bits per heavy atom. The van der Waals surface area contributed by atoms with Crippen molar-refractivity contribution < 1.29 is 9.53 Å². The van der Waals surface area contributed by atoms with Crippen LogP contribution in [0.3, 0.4) is 0 Å². The van der Waals surface area contributed by atoms with Crippen LogP contribution in [0.15, 0.2) is 24.3 Å². The zero-order chi connectivity index (χ0) is 17.9. The van der Waals surface area contributed by atoms with Gasteiger partial charge in [-0.15, -0.1) is 0 Å².